The van der Waals surface area contributed by atoms with E-state index in [2.05, 4.69) is 5.32 Å². The van der Waals surface area contributed by atoms with Crippen LogP contribution in [0.3, 0.4) is 0 Å². The van der Waals surface area contributed by atoms with Crippen LogP contribution in [0, 0.1) is 0 Å². The number of benzene rings is 3. The van der Waals surface area contributed by atoms with Gasteiger partial charge in [-0.15, -0.1) is 0 Å². The smallest absolute Gasteiger partial charge is 0.253 e. The van der Waals surface area contributed by atoms with Crippen LogP contribution >= 0.6 is 0 Å². The van der Waals surface area contributed by atoms with Crippen molar-refractivity contribution in [3.63, 3.8) is 0 Å². The molecular weight excluding hydrogens is 426 g/mol. The number of hydrogen-bond donors (Lipinski definition) is 1. The van der Waals surface area contributed by atoms with Crippen molar-refractivity contribution in [2.75, 3.05) is 33.3 Å². The zero-order valence-electron chi connectivity index (χ0n) is 19.2. The largest absolute Gasteiger partial charge is 0.497 e. The van der Waals surface area contributed by atoms with Gasteiger partial charge in [0, 0.05) is 49.3 Å². The predicted molar refractivity (Wildman–Crippen MR) is 135 cm³/mol. The second-order valence-corrected chi connectivity index (χ2v) is 8.47. The normalized spacial score (nSPS) is 13.7. The van der Waals surface area contributed by atoms with Crippen molar-refractivity contribution < 1.29 is 9.53 Å². The maximum Gasteiger partial charge on any atom is 0.253 e. The number of hydrogen-bond acceptors (Lipinski definition) is 4. The number of carbonyl (C=O) groups is 1. The van der Waals surface area contributed by atoms with Crippen LogP contribution in [-0.2, 0) is 6.54 Å². The molecule has 0 unspecified atom stereocenters. The number of rotatable bonds is 5. The SMILES string of the molecule is COc1ccc2c(-c3ccccc3)cc(=O)n(Cc3ccc(C(=O)N4CCNCC4)cc3)c2c1. The fourth-order valence-corrected chi connectivity index (χ4v) is 4.49. The minimum atomic E-state index is -0.0828. The van der Waals surface area contributed by atoms with E-state index in [1.165, 1.54) is 0 Å². The van der Waals surface area contributed by atoms with E-state index in [0.717, 1.165) is 53.8 Å². The lowest BCUT2D eigenvalue weighted by Gasteiger charge is -2.27. The average molecular weight is 454 g/mol. The highest BCUT2D eigenvalue weighted by Crippen LogP contribution is 2.30. The number of aromatic nitrogens is 1. The number of pyridine rings is 1. The summed E-state index contributed by atoms with van der Waals surface area (Å²) in [6, 6.07) is 25.0. The molecule has 1 fully saturated rings. The van der Waals surface area contributed by atoms with E-state index >= 15 is 0 Å². The highest BCUT2D eigenvalue weighted by Gasteiger charge is 2.18. The molecule has 0 bridgehead atoms. The van der Waals surface area contributed by atoms with E-state index in [1.807, 2.05) is 77.7 Å². The minimum Gasteiger partial charge on any atom is -0.497 e. The van der Waals surface area contributed by atoms with Crippen molar-refractivity contribution in [2.24, 2.45) is 0 Å². The van der Waals surface area contributed by atoms with Crippen LogP contribution in [0.15, 0.2) is 83.7 Å². The first kappa shape index (κ1) is 21.9. The summed E-state index contributed by atoms with van der Waals surface area (Å²) in [7, 11) is 1.62. The molecule has 0 atom stereocenters. The molecule has 1 saturated heterocycles. The standard InChI is InChI=1S/C28H27N3O3/c1-34-23-11-12-24-25(21-5-3-2-4-6-21)18-27(32)31(26(24)17-23)19-20-7-9-22(10-8-20)28(33)30-15-13-29-14-16-30/h2-12,17-18,29H,13-16,19H2,1H3. The molecular formula is C28H27N3O3. The van der Waals surface area contributed by atoms with Gasteiger partial charge in [-0.05, 0) is 41.0 Å². The van der Waals surface area contributed by atoms with Gasteiger partial charge in [-0.25, -0.2) is 0 Å². The second-order valence-electron chi connectivity index (χ2n) is 8.47. The van der Waals surface area contributed by atoms with Crippen LogP contribution in [0.4, 0.5) is 0 Å². The Balaban J connectivity index is 1.51. The maximum absolute atomic E-state index is 13.3. The van der Waals surface area contributed by atoms with Gasteiger partial charge >= 0.3 is 0 Å². The van der Waals surface area contributed by atoms with Crippen molar-refractivity contribution in [3.05, 3.63) is 100 Å². The van der Waals surface area contributed by atoms with E-state index in [-0.39, 0.29) is 11.5 Å². The number of ether oxygens (including phenoxy) is 1. The van der Waals surface area contributed by atoms with Crippen molar-refractivity contribution in [3.8, 4) is 16.9 Å². The van der Waals surface area contributed by atoms with Gasteiger partial charge in [0.2, 0.25) is 0 Å². The first-order chi connectivity index (χ1) is 16.6. The number of nitrogens with one attached hydrogen (secondary N) is 1. The molecule has 4 aromatic rings. The quantitative estimate of drug-likeness (QED) is 0.500. The van der Waals surface area contributed by atoms with E-state index in [4.69, 9.17) is 4.74 Å². The topological polar surface area (TPSA) is 63.6 Å². The summed E-state index contributed by atoms with van der Waals surface area (Å²) >= 11 is 0. The Hall–Kier alpha value is -3.90. The molecule has 172 valence electrons. The summed E-state index contributed by atoms with van der Waals surface area (Å²) in [5.41, 5.74) is 4.25. The van der Waals surface area contributed by atoms with Crippen LogP contribution in [-0.4, -0.2) is 48.7 Å². The van der Waals surface area contributed by atoms with Gasteiger partial charge in [0.15, 0.2) is 0 Å². The molecule has 1 aliphatic heterocycles. The van der Waals surface area contributed by atoms with Crippen LogP contribution in [0.1, 0.15) is 15.9 Å². The summed E-state index contributed by atoms with van der Waals surface area (Å²) in [6.45, 7) is 3.49. The van der Waals surface area contributed by atoms with Gasteiger partial charge in [-0.1, -0.05) is 42.5 Å². The lowest BCUT2D eigenvalue weighted by atomic mass is 10.0. The summed E-state index contributed by atoms with van der Waals surface area (Å²) in [5, 5.41) is 4.25. The summed E-state index contributed by atoms with van der Waals surface area (Å²) in [5.74, 6) is 0.746. The van der Waals surface area contributed by atoms with E-state index in [1.54, 1.807) is 17.7 Å². The number of fused-ring (bicyclic) bond motifs is 1. The van der Waals surface area contributed by atoms with Gasteiger partial charge < -0.3 is 19.5 Å². The van der Waals surface area contributed by atoms with Gasteiger partial charge in [-0.3, -0.25) is 9.59 Å². The summed E-state index contributed by atoms with van der Waals surface area (Å²) < 4.78 is 7.21. The Morgan fingerprint density at radius 2 is 1.68 bits per heavy atom. The molecule has 6 heteroatoms. The Bertz CT molecular complexity index is 1370. The molecule has 0 saturated carbocycles. The molecule has 3 aromatic carbocycles. The summed E-state index contributed by atoms with van der Waals surface area (Å²) in [4.78, 5) is 27.9. The maximum atomic E-state index is 13.3. The van der Waals surface area contributed by atoms with Crippen molar-refractivity contribution in [2.45, 2.75) is 6.54 Å². The summed E-state index contributed by atoms with van der Waals surface area (Å²) in [6.07, 6.45) is 0. The van der Waals surface area contributed by atoms with E-state index < -0.39 is 0 Å². The number of amides is 1. The van der Waals surface area contributed by atoms with Gasteiger partial charge in [0.1, 0.15) is 5.75 Å². The average Bonchev–Trinajstić information content (AvgIpc) is 2.90. The van der Waals surface area contributed by atoms with E-state index in [9.17, 15) is 9.59 Å². The lowest BCUT2D eigenvalue weighted by Crippen LogP contribution is -2.46. The highest BCUT2D eigenvalue weighted by atomic mass is 16.5. The van der Waals surface area contributed by atoms with Crippen molar-refractivity contribution in [1.82, 2.24) is 14.8 Å². The lowest BCUT2D eigenvalue weighted by molar-refractivity contribution is 0.0736. The van der Waals surface area contributed by atoms with Gasteiger partial charge in [0.25, 0.3) is 11.5 Å². The molecule has 0 radical (unpaired) electrons. The molecule has 2 heterocycles. The molecule has 5 rings (SSSR count). The molecule has 0 spiro atoms. The second kappa shape index (κ2) is 9.53. The molecule has 1 N–H and O–H groups in total. The fourth-order valence-electron chi connectivity index (χ4n) is 4.49. The first-order valence-corrected chi connectivity index (χ1v) is 11.5. The molecule has 6 nitrogen and oxygen atoms in total. The molecule has 1 aromatic heterocycles. The molecule has 34 heavy (non-hydrogen) atoms. The number of piperazine rings is 1. The van der Waals surface area contributed by atoms with Crippen molar-refractivity contribution >= 4 is 16.8 Å². The van der Waals surface area contributed by atoms with Crippen LogP contribution in [0.5, 0.6) is 5.75 Å². The Labute approximate surface area is 198 Å². The Kier molecular flexibility index (Phi) is 6.14. The molecule has 1 amide bonds. The van der Waals surface area contributed by atoms with Crippen LogP contribution < -0.4 is 15.6 Å². The van der Waals surface area contributed by atoms with Crippen LogP contribution in [0.25, 0.3) is 22.0 Å². The van der Waals surface area contributed by atoms with Crippen LogP contribution in [0.2, 0.25) is 0 Å². The van der Waals surface area contributed by atoms with Gasteiger partial charge in [-0.2, -0.15) is 0 Å². The van der Waals surface area contributed by atoms with Gasteiger partial charge in [0.05, 0.1) is 19.2 Å². The fraction of sp³-hybridized carbons (Fsp3) is 0.214. The predicted octanol–water partition coefficient (Wildman–Crippen LogP) is 3.77. The molecule has 1 aliphatic rings. The van der Waals surface area contributed by atoms with E-state index in [0.29, 0.717) is 17.9 Å². The Morgan fingerprint density at radius 3 is 2.38 bits per heavy atom. The Morgan fingerprint density at radius 1 is 0.941 bits per heavy atom. The first-order valence-electron chi connectivity index (χ1n) is 11.5. The highest BCUT2D eigenvalue weighted by molar-refractivity contribution is 5.96. The zero-order valence-corrected chi connectivity index (χ0v) is 19.2. The third kappa shape index (κ3) is 4.32. The molecule has 0 aliphatic carbocycles. The zero-order chi connectivity index (χ0) is 23.5. The number of nitrogens with zero attached hydrogens (tertiary/aromatic N) is 2. The van der Waals surface area contributed by atoms with Crippen molar-refractivity contribution in [1.29, 1.82) is 0 Å². The number of methoxy groups -OCH3 is 1. The monoisotopic (exact) mass is 453 g/mol. The third-order valence-electron chi connectivity index (χ3n) is 6.35. The third-order valence-corrected chi connectivity index (χ3v) is 6.35. The minimum absolute atomic E-state index is 0.0487. The number of carbonyl (C=O) groups excluding carboxylic acids is 1.